The highest BCUT2D eigenvalue weighted by Gasteiger charge is 2.35. The molecule has 2 N–H and O–H groups in total. The molecule has 1 aromatic rings. The van der Waals surface area contributed by atoms with E-state index in [9.17, 15) is 9.90 Å². The first-order chi connectivity index (χ1) is 9.04. The van der Waals surface area contributed by atoms with Crippen molar-refractivity contribution in [1.29, 1.82) is 0 Å². The van der Waals surface area contributed by atoms with E-state index in [1.165, 1.54) is 6.08 Å². The van der Waals surface area contributed by atoms with Gasteiger partial charge in [0.05, 0.1) is 21.2 Å². The summed E-state index contributed by atoms with van der Waals surface area (Å²) in [6.45, 7) is 6.80. The molecule has 0 heterocycles. The Labute approximate surface area is 129 Å². The minimum atomic E-state index is -1.04. The lowest BCUT2D eigenvalue weighted by molar-refractivity contribution is -0.121. The third kappa shape index (κ3) is 4.23. The van der Waals surface area contributed by atoms with Gasteiger partial charge in [0.25, 0.3) is 0 Å². The van der Waals surface area contributed by atoms with Gasteiger partial charge in [0.15, 0.2) is 0 Å². The van der Waals surface area contributed by atoms with E-state index in [1.54, 1.807) is 52.0 Å². The Morgan fingerprint density at radius 2 is 1.85 bits per heavy atom. The molecule has 1 amide bonds. The average molecular weight is 316 g/mol. The van der Waals surface area contributed by atoms with E-state index >= 15 is 0 Å². The fraction of sp³-hybridized carbons (Fsp3) is 0.400. The van der Waals surface area contributed by atoms with E-state index in [1.807, 2.05) is 0 Å². The van der Waals surface area contributed by atoms with E-state index in [-0.39, 0.29) is 5.91 Å². The fourth-order valence-electron chi connectivity index (χ4n) is 1.32. The van der Waals surface area contributed by atoms with Crippen molar-refractivity contribution in [1.82, 2.24) is 5.32 Å². The molecule has 5 heteroatoms. The smallest absolute Gasteiger partial charge is 0.244 e. The number of carbonyl (C=O) groups is 1. The predicted octanol–water partition coefficient (Wildman–Crippen LogP) is 3.67. The van der Waals surface area contributed by atoms with Gasteiger partial charge in [-0.15, -0.1) is 0 Å². The SMILES string of the molecule is CC(C)(O)C(C)(C)NC(=O)/C=C/c1cccc(Cl)c1Cl. The van der Waals surface area contributed by atoms with Gasteiger partial charge in [-0.25, -0.2) is 0 Å². The van der Waals surface area contributed by atoms with Crippen molar-refractivity contribution in [3.05, 3.63) is 39.9 Å². The van der Waals surface area contributed by atoms with Crippen LogP contribution in [0.1, 0.15) is 33.3 Å². The summed E-state index contributed by atoms with van der Waals surface area (Å²) < 4.78 is 0. The van der Waals surface area contributed by atoms with Crippen molar-refractivity contribution in [2.75, 3.05) is 0 Å². The lowest BCUT2D eigenvalue weighted by Crippen LogP contribution is -2.57. The van der Waals surface area contributed by atoms with Crippen LogP contribution >= 0.6 is 23.2 Å². The second kappa shape index (κ2) is 6.17. The number of halogens is 2. The monoisotopic (exact) mass is 315 g/mol. The Hall–Kier alpha value is -1.03. The second-order valence-electron chi connectivity index (χ2n) is 5.65. The molecule has 0 saturated heterocycles. The van der Waals surface area contributed by atoms with Crippen molar-refractivity contribution in [3.63, 3.8) is 0 Å². The zero-order valence-corrected chi connectivity index (χ0v) is 13.5. The number of hydrogen-bond donors (Lipinski definition) is 2. The molecule has 0 aromatic heterocycles. The molecule has 0 radical (unpaired) electrons. The summed E-state index contributed by atoms with van der Waals surface area (Å²) in [5.41, 5.74) is -1.13. The number of benzene rings is 1. The van der Waals surface area contributed by atoms with Gasteiger partial charge in [-0.3, -0.25) is 4.79 Å². The topological polar surface area (TPSA) is 49.3 Å². The van der Waals surface area contributed by atoms with Crippen LogP contribution < -0.4 is 5.32 Å². The zero-order valence-electron chi connectivity index (χ0n) is 12.0. The van der Waals surface area contributed by atoms with Crippen molar-refractivity contribution in [2.24, 2.45) is 0 Å². The summed E-state index contributed by atoms with van der Waals surface area (Å²) in [6, 6.07) is 5.20. The molecule has 0 spiro atoms. The van der Waals surface area contributed by atoms with Gasteiger partial charge in [0.1, 0.15) is 0 Å². The fourth-order valence-corrected chi connectivity index (χ4v) is 1.69. The summed E-state index contributed by atoms with van der Waals surface area (Å²) in [6.07, 6.45) is 2.95. The number of nitrogens with one attached hydrogen (secondary N) is 1. The molecule has 1 rings (SSSR count). The highest BCUT2D eigenvalue weighted by molar-refractivity contribution is 6.42. The number of amides is 1. The molecule has 0 atom stereocenters. The molecule has 1 aromatic carbocycles. The lowest BCUT2D eigenvalue weighted by atomic mass is 9.86. The molecular formula is C15H19Cl2NO2. The first-order valence-electron chi connectivity index (χ1n) is 6.21. The maximum absolute atomic E-state index is 11.9. The average Bonchev–Trinajstić information content (AvgIpc) is 2.29. The van der Waals surface area contributed by atoms with E-state index < -0.39 is 11.1 Å². The van der Waals surface area contributed by atoms with Gasteiger partial charge < -0.3 is 10.4 Å². The van der Waals surface area contributed by atoms with Crippen LogP contribution in [0.15, 0.2) is 24.3 Å². The van der Waals surface area contributed by atoms with Crippen LogP contribution in [0, 0.1) is 0 Å². The standard InChI is InChI=1S/C15H19Cl2NO2/c1-14(2,15(3,4)20)18-12(19)9-8-10-6-5-7-11(16)13(10)17/h5-9,20H,1-4H3,(H,18,19)/b9-8+. The molecule has 110 valence electrons. The van der Waals surface area contributed by atoms with Crippen LogP contribution in [0.2, 0.25) is 10.0 Å². The third-order valence-electron chi connectivity index (χ3n) is 3.36. The molecule has 0 aliphatic rings. The number of rotatable bonds is 4. The Kier molecular flexibility index (Phi) is 5.25. The minimum Gasteiger partial charge on any atom is -0.388 e. The van der Waals surface area contributed by atoms with Gasteiger partial charge in [0.2, 0.25) is 5.91 Å². The largest absolute Gasteiger partial charge is 0.388 e. The van der Waals surface area contributed by atoms with Gasteiger partial charge in [-0.2, -0.15) is 0 Å². The molecule has 3 nitrogen and oxygen atoms in total. The molecular weight excluding hydrogens is 297 g/mol. The Balaban J connectivity index is 2.82. The van der Waals surface area contributed by atoms with Crippen molar-refractivity contribution >= 4 is 35.2 Å². The van der Waals surface area contributed by atoms with Crippen LogP contribution in [0.3, 0.4) is 0 Å². The van der Waals surface area contributed by atoms with E-state index in [0.717, 1.165) is 0 Å². The summed E-state index contributed by atoms with van der Waals surface area (Å²) in [7, 11) is 0. The molecule has 0 fully saturated rings. The molecule has 20 heavy (non-hydrogen) atoms. The quantitative estimate of drug-likeness (QED) is 0.833. The number of hydrogen-bond acceptors (Lipinski definition) is 2. The van der Waals surface area contributed by atoms with Gasteiger partial charge in [-0.05, 0) is 45.4 Å². The Morgan fingerprint density at radius 1 is 1.25 bits per heavy atom. The van der Waals surface area contributed by atoms with Crippen molar-refractivity contribution < 1.29 is 9.90 Å². The van der Waals surface area contributed by atoms with E-state index in [4.69, 9.17) is 23.2 Å². The maximum atomic E-state index is 11.9. The van der Waals surface area contributed by atoms with Crippen LogP contribution in [0.4, 0.5) is 0 Å². The van der Waals surface area contributed by atoms with Crippen LogP contribution in [0.5, 0.6) is 0 Å². The van der Waals surface area contributed by atoms with Crippen LogP contribution in [-0.2, 0) is 4.79 Å². The van der Waals surface area contributed by atoms with Gasteiger partial charge >= 0.3 is 0 Å². The second-order valence-corrected chi connectivity index (χ2v) is 6.43. The molecule has 0 aliphatic heterocycles. The highest BCUT2D eigenvalue weighted by Crippen LogP contribution is 2.26. The van der Waals surface area contributed by atoms with Crippen molar-refractivity contribution in [2.45, 2.75) is 38.8 Å². The third-order valence-corrected chi connectivity index (χ3v) is 4.19. The van der Waals surface area contributed by atoms with Gasteiger partial charge in [-0.1, -0.05) is 35.3 Å². The zero-order chi connectivity index (χ0) is 15.6. The van der Waals surface area contributed by atoms with Gasteiger partial charge in [0, 0.05) is 6.08 Å². The molecule has 0 unspecified atom stereocenters. The summed E-state index contributed by atoms with van der Waals surface area (Å²) in [4.78, 5) is 11.9. The van der Waals surface area contributed by atoms with E-state index in [2.05, 4.69) is 5.32 Å². The normalized spacial score (nSPS) is 12.8. The predicted molar refractivity (Wildman–Crippen MR) is 84.0 cm³/mol. The lowest BCUT2D eigenvalue weighted by Gasteiger charge is -2.37. The van der Waals surface area contributed by atoms with Crippen molar-refractivity contribution in [3.8, 4) is 0 Å². The first kappa shape index (κ1) is 17.0. The minimum absolute atomic E-state index is 0.312. The number of aliphatic hydroxyl groups is 1. The maximum Gasteiger partial charge on any atom is 0.244 e. The first-order valence-corrected chi connectivity index (χ1v) is 6.97. The molecule has 0 saturated carbocycles. The Bertz CT molecular complexity index is 531. The summed E-state index contributed by atoms with van der Waals surface area (Å²) in [5.74, 6) is -0.312. The van der Waals surface area contributed by atoms with E-state index in [0.29, 0.717) is 15.6 Å². The highest BCUT2D eigenvalue weighted by atomic mass is 35.5. The molecule has 0 aliphatic carbocycles. The number of carbonyl (C=O) groups excluding carboxylic acids is 1. The summed E-state index contributed by atoms with van der Waals surface area (Å²) in [5, 5.41) is 13.6. The van der Waals surface area contributed by atoms with Crippen LogP contribution in [-0.4, -0.2) is 22.2 Å². The van der Waals surface area contributed by atoms with Crippen LogP contribution in [0.25, 0.3) is 6.08 Å². The Morgan fingerprint density at radius 3 is 2.40 bits per heavy atom. The molecule has 0 bridgehead atoms. The summed E-state index contributed by atoms with van der Waals surface area (Å²) >= 11 is 11.9.